The van der Waals surface area contributed by atoms with Crippen molar-refractivity contribution in [3.63, 3.8) is 0 Å². The van der Waals surface area contributed by atoms with Crippen LogP contribution >= 0.6 is 0 Å². The summed E-state index contributed by atoms with van der Waals surface area (Å²) < 4.78 is 0. The summed E-state index contributed by atoms with van der Waals surface area (Å²) in [6, 6.07) is 0.208. The minimum absolute atomic E-state index is 0.208. The summed E-state index contributed by atoms with van der Waals surface area (Å²) in [6.45, 7) is 1.98. The van der Waals surface area contributed by atoms with Crippen LogP contribution in [0.1, 0.15) is 51.9 Å². The van der Waals surface area contributed by atoms with Crippen molar-refractivity contribution in [1.29, 1.82) is 0 Å². The predicted molar refractivity (Wildman–Crippen MR) is 60.6 cm³/mol. The summed E-state index contributed by atoms with van der Waals surface area (Å²) in [7, 11) is 0. The molecule has 0 aromatic carbocycles. The molecule has 0 unspecified atom stereocenters. The van der Waals surface area contributed by atoms with Gasteiger partial charge < -0.3 is 10.8 Å². The molecule has 1 aliphatic rings. The van der Waals surface area contributed by atoms with Gasteiger partial charge >= 0.3 is 5.97 Å². The molecule has 0 bridgehead atoms. The van der Waals surface area contributed by atoms with Crippen molar-refractivity contribution in [2.45, 2.75) is 57.9 Å². The van der Waals surface area contributed by atoms with E-state index in [2.05, 4.69) is 0 Å². The Morgan fingerprint density at radius 2 is 2.00 bits per heavy atom. The second-order valence-electron chi connectivity index (χ2n) is 5.00. The Bertz CT molecular complexity index is 200. The molecule has 3 nitrogen and oxygen atoms in total. The molecule has 3 N–H and O–H groups in total. The van der Waals surface area contributed by atoms with Crippen molar-refractivity contribution in [3.05, 3.63) is 0 Å². The molecule has 0 amide bonds. The van der Waals surface area contributed by atoms with Crippen LogP contribution < -0.4 is 5.73 Å². The summed E-state index contributed by atoms with van der Waals surface area (Å²) in [4.78, 5) is 10.5. The Labute approximate surface area is 92.0 Å². The zero-order valence-electron chi connectivity index (χ0n) is 9.61. The lowest BCUT2D eigenvalue weighted by molar-refractivity contribution is -0.138. The quantitative estimate of drug-likeness (QED) is 0.737. The maximum atomic E-state index is 10.5. The van der Waals surface area contributed by atoms with Crippen molar-refractivity contribution in [2.24, 2.45) is 17.6 Å². The molecule has 3 heteroatoms. The van der Waals surface area contributed by atoms with Crippen LogP contribution in [0.5, 0.6) is 0 Å². The Balaban J connectivity index is 2.26. The first-order valence-electron chi connectivity index (χ1n) is 6.07. The Kier molecular flexibility index (Phi) is 5.09. The zero-order chi connectivity index (χ0) is 11.3. The van der Waals surface area contributed by atoms with Crippen molar-refractivity contribution in [1.82, 2.24) is 0 Å². The van der Waals surface area contributed by atoms with Gasteiger partial charge in [0.15, 0.2) is 0 Å². The normalized spacial score (nSPS) is 22.3. The van der Waals surface area contributed by atoms with Gasteiger partial charge in [-0.3, -0.25) is 4.79 Å². The van der Waals surface area contributed by atoms with Crippen LogP contribution in [0.15, 0.2) is 0 Å². The maximum Gasteiger partial charge on any atom is 0.303 e. The van der Waals surface area contributed by atoms with E-state index in [1.54, 1.807) is 0 Å². The molecule has 0 radical (unpaired) electrons. The first kappa shape index (κ1) is 12.5. The van der Waals surface area contributed by atoms with Gasteiger partial charge in [-0.1, -0.05) is 26.2 Å². The molecule has 1 fully saturated rings. The largest absolute Gasteiger partial charge is 0.481 e. The molecule has 0 aromatic heterocycles. The summed E-state index contributed by atoms with van der Waals surface area (Å²) >= 11 is 0. The van der Waals surface area contributed by atoms with Gasteiger partial charge in [0.25, 0.3) is 0 Å². The number of hydrogen-bond donors (Lipinski definition) is 2. The van der Waals surface area contributed by atoms with Gasteiger partial charge in [0.1, 0.15) is 0 Å². The molecule has 88 valence electrons. The Hall–Kier alpha value is -0.570. The van der Waals surface area contributed by atoms with Gasteiger partial charge in [0, 0.05) is 12.5 Å². The van der Waals surface area contributed by atoms with Gasteiger partial charge in [-0.15, -0.1) is 0 Å². The van der Waals surface area contributed by atoms with Crippen LogP contribution in [0.3, 0.4) is 0 Å². The zero-order valence-corrected chi connectivity index (χ0v) is 9.61. The number of rotatable bonds is 5. The number of aliphatic carboxylic acids is 1. The van der Waals surface area contributed by atoms with Gasteiger partial charge in [0.05, 0.1) is 0 Å². The number of hydrogen-bond acceptors (Lipinski definition) is 2. The van der Waals surface area contributed by atoms with E-state index >= 15 is 0 Å². The first-order valence-corrected chi connectivity index (χ1v) is 6.07. The number of carboxylic acids is 1. The summed E-state index contributed by atoms with van der Waals surface area (Å²) in [6.07, 6.45) is 7.52. The monoisotopic (exact) mass is 213 g/mol. The van der Waals surface area contributed by atoms with Gasteiger partial charge in [0.2, 0.25) is 0 Å². The number of carbonyl (C=O) groups is 1. The fraction of sp³-hybridized carbons (Fsp3) is 0.917. The molecule has 15 heavy (non-hydrogen) atoms. The Morgan fingerprint density at radius 3 is 2.53 bits per heavy atom. The first-order chi connectivity index (χ1) is 7.09. The van der Waals surface area contributed by atoms with E-state index in [4.69, 9.17) is 10.8 Å². The lowest BCUT2D eigenvalue weighted by atomic mass is 9.81. The third kappa shape index (κ3) is 4.65. The fourth-order valence-corrected chi connectivity index (χ4v) is 2.60. The molecular formula is C12H23NO2. The molecule has 1 saturated carbocycles. The van der Waals surface area contributed by atoms with Crippen LogP contribution in [0.2, 0.25) is 0 Å². The highest BCUT2D eigenvalue weighted by Gasteiger charge is 2.22. The van der Waals surface area contributed by atoms with Crippen molar-refractivity contribution in [3.8, 4) is 0 Å². The Morgan fingerprint density at radius 1 is 1.40 bits per heavy atom. The molecule has 0 spiro atoms. The molecule has 0 saturated heterocycles. The van der Waals surface area contributed by atoms with Gasteiger partial charge in [-0.2, -0.15) is 0 Å². The highest BCUT2D eigenvalue weighted by atomic mass is 16.4. The third-order valence-electron chi connectivity index (χ3n) is 3.45. The minimum atomic E-state index is -0.710. The fourth-order valence-electron chi connectivity index (χ4n) is 2.60. The van der Waals surface area contributed by atoms with E-state index in [1.165, 1.54) is 32.1 Å². The lowest BCUT2D eigenvalue weighted by Gasteiger charge is -2.28. The van der Waals surface area contributed by atoms with E-state index in [9.17, 15) is 4.79 Å². The van der Waals surface area contributed by atoms with E-state index in [1.807, 2.05) is 6.92 Å². The highest BCUT2D eigenvalue weighted by Crippen LogP contribution is 2.28. The van der Waals surface area contributed by atoms with Crippen molar-refractivity contribution < 1.29 is 9.90 Å². The molecule has 1 rings (SSSR count). The van der Waals surface area contributed by atoms with Crippen LogP contribution in [-0.2, 0) is 4.79 Å². The number of carboxylic acid groups (broad SMARTS) is 1. The number of nitrogens with two attached hydrogens (primary N) is 1. The van der Waals surface area contributed by atoms with Crippen LogP contribution in [0.25, 0.3) is 0 Å². The molecule has 0 aromatic rings. The lowest BCUT2D eigenvalue weighted by Crippen LogP contribution is -2.33. The second-order valence-corrected chi connectivity index (χ2v) is 5.00. The van der Waals surface area contributed by atoms with Crippen LogP contribution in [-0.4, -0.2) is 17.1 Å². The predicted octanol–water partition coefficient (Wildman–Crippen LogP) is 2.39. The van der Waals surface area contributed by atoms with Crippen molar-refractivity contribution >= 4 is 5.97 Å². The van der Waals surface area contributed by atoms with E-state index in [-0.39, 0.29) is 18.4 Å². The third-order valence-corrected chi connectivity index (χ3v) is 3.45. The smallest absolute Gasteiger partial charge is 0.303 e. The average molecular weight is 213 g/mol. The van der Waals surface area contributed by atoms with Crippen LogP contribution in [0.4, 0.5) is 0 Å². The van der Waals surface area contributed by atoms with Gasteiger partial charge in [-0.05, 0) is 31.1 Å². The molecular weight excluding hydrogens is 190 g/mol. The molecule has 0 heterocycles. The van der Waals surface area contributed by atoms with E-state index < -0.39 is 5.97 Å². The minimum Gasteiger partial charge on any atom is -0.481 e. The summed E-state index contributed by atoms with van der Waals surface area (Å²) in [5.41, 5.74) is 6.13. The average Bonchev–Trinajstić information content (AvgIpc) is 2.17. The topological polar surface area (TPSA) is 63.3 Å². The second kappa shape index (κ2) is 6.11. The molecule has 1 aliphatic carbocycles. The summed E-state index contributed by atoms with van der Waals surface area (Å²) in [5.74, 6) is 0.132. The summed E-state index contributed by atoms with van der Waals surface area (Å²) in [5, 5.41) is 8.67. The maximum absolute atomic E-state index is 10.5. The van der Waals surface area contributed by atoms with Crippen LogP contribution in [0, 0.1) is 11.8 Å². The SMILES string of the molecule is C[C@@H](CC(=O)O)C[C@@H](N)C1CCCCC1. The molecule has 2 atom stereocenters. The molecule has 0 aliphatic heterocycles. The standard InChI is InChI=1S/C12H23NO2/c1-9(8-12(14)15)7-11(13)10-5-3-2-4-6-10/h9-11H,2-8,13H2,1H3,(H,14,15)/t9-,11-/m1/s1. The van der Waals surface area contributed by atoms with Gasteiger partial charge in [-0.25, -0.2) is 0 Å². The van der Waals surface area contributed by atoms with E-state index in [0.29, 0.717) is 5.92 Å². The highest BCUT2D eigenvalue weighted by molar-refractivity contribution is 5.66. The van der Waals surface area contributed by atoms with Crippen molar-refractivity contribution in [2.75, 3.05) is 0 Å². The van der Waals surface area contributed by atoms with E-state index in [0.717, 1.165) is 6.42 Å².